The van der Waals surface area contributed by atoms with Gasteiger partial charge in [-0.3, -0.25) is 4.79 Å². The summed E-state index contributed by atoms with van der Waals surface area (Å²) in [6.45, 7) is 6.65. The van der Waals surface area contributed by atoms with Crippen molar-refractivity contribution < 1.29 is 19.2 Å². The molecule has 1 unspecified atom stereocenters. The number of hydrogen-bond acceptors (Lipinski definition) is 7. The van der Waals surface area contributed by atoms with Crippen molar-refractivity contribution in [1.29, 1.82) is 0 Å². The molecule has 194 valence electrons. The van der Waals surface area contributed by atoms with E-state index >= 15 is 0 Å². The van der Waals surface area contributed by atoms with Crippen molar-refractivity contribution in [3.63, 3.8) is 0 Å². The van der Waals surface area contributed by atoms with Gasteiger partial charge in [-0.25, -0.2) is 19.7 Å². The van der Waals surface area contributed by atoms with Gasteiger partial charge in [0.25, 0.3) is 5.91 Å². The summed E-state index contributed by atoms with van der Waals surface area (Å²) >= 11 is 6.25. The number of anilines is 2. The lowest BCUT2D eigenvalue weighted by atomic mass is 9.81. The number of carbonyl (C=O) groups excluding carboxylic acids is 2. The minimum atomic E-state index is -0.554. The number of hydrogen-bond donors (Lipinski definition) is 3. The molecule has 10 heteroatoms. The smallest absolute Gasteiger partial charge is 0.407 e. The average molecular weight is 516 g/mol. The van der Waals surface area contributed by atoms with E-state index < -0.39 is 11.5 Å². The van der Waals surface area contributed by atoms with E-state index in [9.17, 15) is 9.59 Å². The van der Waals surface area contributed by atoms with Crippen LogP contribution in [0.3, 0.4) is 0 Å². The molecule has 1 saturated carbocycles. The standard InChI is InChI=1S/C26H34ClN5O4/c1-26(2,3)35-25(34)31-13-16-8-10-17(11-9-16)24-32(36-24)21-12-22(30-15-19(21)23(28)33)29-14-18-6-4-5-7-20(18)27/h4-7,12,15-17,24H,8-11,13-14H2,1-3H3,(H2,28,33)(H,29,30)(H,31,34). The Morgan fingerprint density at radius 1 is 1.22 bits per heavy atom. The molecule has 1 aromatic carbocycles. The van der Waals surface area contributed by atoms with E-state index in [2.05, 4.69) is 15.6 Å². The van der Waals surface area contributed by atoms with Crippen LogP contribution in [0.5, 0.6) is 0 Å². The third-order valence-electron chi connectivity index (χ3n) is 6.44. The molecule has 4 N–H and O–H groups in total. The maximum atomic E-state index is 12.0. The summed E-state index contributed by atoms with van der Waals surface area (Å²) in [5.41, 5.74) is 6.97. The molecule has 36 heavy (non-hydrogen) atoms. The minimum Gasteiger partial charge on any atom is -0.444 e. The van der Waals surface area contributed by atoms with Gasteiger partial charge in [-0.15, -0.1) is 0 Å². The number of carbonyl (C=O) groups is 2. The summed E-state index contributed by atoms with van der Waals surface area (Å²) in [6, 6.07) is 9.37. The van der Waals surface area contributed by atoms with E-state index in [0.717, 1.165) is 31.2 Å². The summed E-state index contributed by atoms with van der Waals surface area (Å²) < 4.78 is 5.32. The van der Waals surface area contributed by atoms with Crippen LogP contribution in [0.25, 0.3) is 0 Å². The van der Waals surface area contributed by atoms with Crippen LogP contribution in [0.4, 0.5) is 16.3 Å². The summed E-state index contributed by atoms with van der Waals surface area (Å²) in [4.78, 5) is 34.2. The Kier molecular flexibility index (Phi) is 7.90. The largest absolute Gasteiger partial charge is 0.444 e. The highest BCUT2D eigenvalue weighted by molar-refractivity contribution is 6.31. The monoisotopic (exact) mass is 515 g/mol. The van der Waals surface area contributed by atoms with Gasteiger partial charge >= 0.3 is 6.09 Å². The highest BCUT2D eigenvalue weighted by Gasteiger charge is 2.46. The van der Waals surface area contributed by atoms with Crippen LogP contribution in [0.1, 0.15) is 62.4 Å². The number of rotatable bonds is 8. The molecule has 1 saturated heterocycles. The Balaban J connectivity index is 1.32. The van der Waals surface area contributed by atoms with Crippen molar-refractivity contribution in [2.45, 2.75) is 64.8 Å². The molecule has 0 bridgehead atoms. The Morgan fingerprint density at radius 3 is 2.61 bits per heavy atom. The van der Waals surface area contributed by atoms with Gasteiger partial charge in [-0.2, -0.15) is 0 Å². The highest BCUT2D eigenvalue weighted by Crippen LogP contribution is 2.43. The number of benzene rings is 1. The minimum absolute atomic E-state index is 0.110. The van der Waals surface area contributed by atoms with E-state index in [4.69, 9.17) is 26.9 Å². The fraction of sp³-hybridized carbons (Fsp3) is 0.500. The quantitative estimate of drug-likeness (QED) is 0.429. The second-order valence-corrected chi connectivity index (χ2v) is 10.8. The topological polar surface area (TPSA) is 122 Å². The van der Waals surface area contributed by atoms with E-state index in [0.29, 0.717) is 47.0 Å². The predicted molar refractivity (Wildman–Crippen MR) is 139 cm³/mol. The van der Waals surface area contributed by atoms with Gasteiger partial charge in [0.1, 0.15) is 11.4 Å². The Labute approximate surface area is 216 Å². The zero-order chi connectivity index (χ0) is 25.9. The van der Waals surface area contributed by atoms with E-state index in [1.165, 1.54) is 6.20 Å². The fourth-order valence-electron chi connectivity index (χ4n) is 4.52. The Hall–Kier alpha value is -3.04. The summed E-state index contributed by atoms with van der Waals surface area (Å²) in [5, 5.41) is 8.56. The first-order valence-corrected chi connectivity index (χ1v) is 12.7. The molecule has 1 aliphatic carbocycles. The fourth-order valence-corrected chi connectivity index (χ4v) is 4.72. The Bertz CT molecular complexity index is 1100. The third-order valence-corrected chi connectivity index (χ3v) is 6.81. The molecule has 9 nitrogen and oxygen atoms in total. The molecular weight excluding hydrogens is 482 g/mol. The van der Waals surface area contributed by atoms with Crippen LogP contribution in [-0.2, 0) is 16.1 Å². The molecule has 2 aliphatic rings. The molecule has 2 amide bonds. The molecule has 1 atom stereocenters. The number of ether oxygens (including phenoxy) is 1. The number of pyridine rings is 1. The maximum absolute atomic E-state index is 12.0. The molecule has 2 aromatic rings. The number of alkyl carbamates (subject to hydrolysis) is 1. The third kappa shape index (κ3) is 6.79. The van der Waals surface area contributed by atoms with E-state index in [1.807, 2.05) is 45.0 Å². The lowest BCUT2D eigenvalue weighted by molar-refractivity contribution is 0.0512. The predicted octanol–water partition coefficient (Wildman–Crippen LogP) is 4.85. The van der Waals surface area contributed by atoms with Gasteiger partial charge in [-0.05, 0) is 64.0 Å². The van der Waals surface area contributed by atoms with Crippen LogP contribution in [-0.4, -0.2) is 35.4 Å². The molecule has 4 rings (SSSR count). The number of halogens is 1. The van der Waals surface area contributed by atoms with Gasteiger partial charge < -0.3 is 21.1 Å². The zero-order valence-electron chi connectivity index (χ0n) is 20.9. The van der Waals surface area contributed by atoms with Gasteiger partial charge in [0, 0.05) is 36.3 Å². The molecule has 2 fully saturated rings. The maximum Gasteiger partial charge on any atom is 0.407 e. The van der Waals surface area contributed by atoms with Crippen molar-refractivity contribution in [1.82, 2.24) is 10.3 Å². The van der Waals surface area contributed by atoms with Crippen molar-refractivity contribution >= 4 is 35.1 Å². The van der Waals surface area contributed by atoms with E-state index in [-0.39, 0.29) is 12.3 Å². The van der Waals surface area contributed by atoms with Crippen LogP contribution in [0.15, 0.2) is 36.5 Å². The van der Waals surface area contributed by atoms with Crippen molar-refractivity contribution in [3.05, 3.63) is 52.7 Å². The second kappa shape index (κ2) is 10.9. The average Bonchev–Trinajstić information content (AvgIpc) is 3.62. The summed E-state index contributed by atoms with van der Waals surface area (Å²) in [6.07, 6.45) is 4.89. The number of nitrogens with zero attached hydrogens (tertiary/aromatic N) is 2. The zero-order valence-corrected chi connectivity index (χ0v) is 21.7. The van der Waals surface area contributed by atoms with Crippen LogP contribution in [0, 0.1) is 11.8 Å². The van der Waals surface area contributed by atoms with Gasteiger partial charge in [0.15, 0.2) is 6.23 Å². The first-order chi connectivity index (χ1) is 17.1. The molecule has 1 aromatic heterocycles. The molecule has 2 heterocycles. The number of nitrogens with one attached hydrogen (secondary N) is 2. The van der Waals surface area contributed by atoms with Crippen molar-refractivity contribution in [2.24, 2.45) is 17.6 Å². The number of amides is 2. The lowest BCUT2D eigenvalue weighted by Gasteiger charge is -2.28. The highest BCUT2D eigenvalue weighted by atomic mass is 35.5. The first-order valence-electron chi connectivity index (χ1n) is 12.3. The molecule has 0 spiro atoms. The summed E-state index contributed by atoms with van der Waals surface area (Å²) in [7, 11) is 0. The molecular formula is C26H34ClN5O4. The van der Waals surface area contributed by atoms with Crippen LogP contribution in [0.2, 0.25) is 5.02 Å². The number of hydroxylamine groups is 1. The van der Waals surface area contributed by atoms with Gasteiger partial charge in [0.05, 0.1) is 11.3 Å². The normalized spacial score (nSPS) is 21.6. The number of aromatic nitrogens is 1. The van der Waals surface area contributed by atoms with Gasteiger partial charge in [-0.1, -0.05) is 29.8 Å². The SMILES string of the molecule is CC(C)(C)OC(=O)NCC1CCC(C2ON2c2cc(NCc3ccccc3Cl)ncc2C(N)=O)CC1. The summed E-state index contributed by atoms with van der Waals surface area (Å²) in [5.74, 6) is 0.780. The van der Waals surface area contributed by atoms with Gasteiger partial charge in [0.2, 0.25) is 0 Å². The second-order valence-electron chi connectivity index (χ2n) is 10.4. The van der Waals surface area contributed by atoms with Crippen molar-refractivity contribution in [3.8, 4) is 0 Å². The van der Waals surface area contributed by atoms with Crippen LogP contribution < -0.4 is 21.4 Å². The lowest BCUT2D eigenvalue weighted by Crippen LogP contribution is -2.36. The van der Waals surface area contributed by atoms with Crippen LogP contribution >= 0.6 is 11.6 Å². The van der Waals surface area contributed by atoms with E-state index in [1.54, 1.807) is 11.1 Å². The molecule has 0 radical (unpaired) electrons. The Morgan fingerprint density at radius 2 is 1.94 bits per heavy atom. The molecule has 1 aliphatic heterocycles. The first kappa shape index (κ1) is 26.0. The number of nitrogens with two attached hydrogens (primary N) is 1. The van der Waals surface area contributed by atoms with Crippen molar-refractivity contribution in [2.75, 3.05) is 16.9 Å². The number of primary amides is 1.